The molecule has 0 heterocycles. The zero-order valence-corrected chi connectivity index (χ0v) is 7.68. The smallest absolute Gasteiger partial charge is 0.404 e. The van der Waals surface area contributed by atoms with Crippen LogP contribution in [0.5, 0.6) is 5.75 Å². The van der Waals surface area contributed by atoms with Gasteiger partial charge in [-0.25, -0.2) is 4.57 Å². The third-order valence-electron chi connectivity index (χ3n) is 1.20. The summed E-state index contributed by atoms with van der Waals surface area (Å²) in [6.07, 6.45) is 0. The third kappa shape index (κ3) is 3.57. The van der Waals surface area contributed by atoms with Crippen LogP contribution in [0, 0.1) is 0 Å². The minimum absolute atomic E-state index is 0.266. The summed E-state index contributed by atoms with van der Waals surface area (Å²) in [6.45, 7) is -0.361. The van der Waals surface area contributed by atoms with Gasteiger partial charge in [-0.1, -0.05) is 18.2 Å². The van der Waals surface area contributed by atoms with Gasteiger partial charge in [0.2, 0.25) is 0 Å². The van der Waals surface area contributed by atoms with Gasteiger partial charge < -0.3 is 10.3 Å². The lowest BCUT2D eigenvalue weighted by atomic mass is 10.3. The number of hydrogen-bond acceptors (Lipinski definition) is 4. The van der Waals surface area contributed by atoms with Crippen molar-refractivity contribution in [3.63, 3.8) is 0 Å². The molecule has 6 heteroatoms. The standard InChI is InChI=1S/C7H10NO4P/c8-6-11-13(9,10)12-7-4-2-1-3-5-7/h1-5H,6,8H2,(H,9,10). The van der Waals surface area contributed by atoms with Crippen LogP contribution in [0.3, 0.4) is 0 Å². The topological polar surface area (TPSA) is 81.8 Å². The van der Waals surface area contributed by atoms with Crippen molar-refractivity contribution in [1.82, 2.24) is 0 Å². The summed E-state index contributed by atoms with van der Waals surface area (Å²) in [5.41, 5.74) is 4.93. The van der Waals surface area contributed by atoms with Crippen molar-refractivity contribution >= 4 is 7.82 Å². The number of benzene rings is 1. The summed E-state index contributed by atoms with van der Waals surface area (Å²) in [6, 6.07) is 8.21. The van der Waals surface area contributed by atoms with E-state index in [9.17, 15) is 4.57 Å². The van der Waals surface area contributed by atoms with Crippen molar-refractivity contribution in [3.05, 3.63) is 30.3 Å². The van der Waals surface area contributed by atoms with Gasteiger partial charge in [-0.05, 0) is 12.1 Å². The highest BCUT2D eigenvalue weighted by atomic mass is 31.2. The Hall–Kier alpha value is -0.870. The highest BCUT2D eigenvalue weighted by molar-refractivity contribution is 7.47. The van der Waals surface area contributed by atoms with Gasteiger partial charge in [-0.3, -0.25) is 9.42 Å². The summed E-state index contributed by atoms with van der Waals surface area (Å²) in [7, 11) is -4.04. The van der Waals surface area contributed by atoms with Crippen LogP contribution in [0.15, 0.2) is 30.3 Å². The number of hydrogen-bond donors (Lipinski definition) is 2. The first-order valence-electron chi connectivity index (χ1n) is 3.56. The Morgan fingerprint density at radius 3 is 2.54 bits per heavy atom. The molecule has 0 aromatic heterocycles. The first-order valence-corrected chi connectivity index (χ1v) is 5.05. The van der Waals surface area contributed by atoms with Gasteiger partial charge in [0.15, 0.2) is 0 Å². The maximum absolute atomic E-state index is 11.0. The van der Waals surface area contributed by atoms with E-state index in [1.807, 2.05) is 0 Å². The predicted octanol–water partition coefficient (Wildman–Crippen LogP) is 1.10. The predicted molar refractivity (Wildman–Crippen MR) is 47.0 cm³/mol. The second kappa shape index (κ2) is 4.39. The molecule has 1 rings (SSSR count). The lowest BCUT2D eigenvalue weighted by Gasteiger charge is -2.10. The Balaban J connectivity index is 2.64. The van der Waals surface area contributed by atoms with Gasteiger partial charge in [0, 0.05) is 0 Å². The van der Waals surface area contributed by atoms with E-state index in [1.54, 1.807) is 30.3 Å². The van der Waals surface area contributed by atoms with Crippen LogP contribution >= 0.6 is 7.82 Å². The molecule has 0 amide bonds. The van der Waals surface area contributed by atoms with Crippen molar-refractivity contribution in [3.8, 4) is 5.75 Å². The van der Waals surface area contributed by atoms with E-state index < -0.39 is 7.82 Å². The number of phosphoric ester groups is 1. The van der Waals surface area contributed by atoms with Crippen molar-refractivity contribution < 1.29 is 18.5 Å². The molecule has 1 atom stereocenters. The molecule has 0 aliphatic heterocycles. The Bertz CT molecular complexity index is 303. The molecule has 0 fully saturated rings. The van der Waals surface area contributed by atoms with Crippen molar-refractivity contribution in [2.24, 2.45) is 5.73 Å². The quantitative estimate of drug-likeness (QED) is 0.565. The molecule has 0 radical (unpaired) electrons. The highest BCUT2D eigenvalue weighted by Crippen LogP contribution is 2.42. The van der Waals surface area contributed by atoms with Crippen LogP contribution in [0.2, 0.25) is 0 Å². The minimum atomic E-state index is -4.04. The van der Waals surface area contributed by atoms with E-state index in [2.05, 4.69) is 9.05 Å². The third-order valence-corrected chi connectivity index (χ3v) is 2.12. The molecular weight excluding hydrogens is 193 g/mol. The number of nitrogens with two attached hydrogens (primary N) is 1. The van der Waals surface area contributed by atoms with Crippen LogP contribution < -0.4 is 10.3 Å². The monoisotopic (exact) mass is 203 g/mol. The average molecular weight is 203 g/mol. The van der Waals surface area contributed by atoms with Crippen molar-refractivity contribution in [2.45, 2.75) is 0 Å². The number of phosphoric acid groups is 1. The molecule has 72 valence electrons. The van der Waals surface area contributed by atoms with E-state index >= 15 is 0 Å². The molecule has 0 saturated heterocycles. The first-order chi connectivity index (χ1) is 6.14. The van der Waals surface area contributed by atoms with Crippen molar-refractivity contribution in [1.29, 1.82) is 0 Å². The molecule has 1 aromatic rings. The summed E-state index contributed by atoms with van der Waals surface area (Å²) < 4.78 is 20.0. The lowest BCUT2D eigenvalue weighted by molar-refractivity contribution is 0.208. The second-order valence-electron chi connectivity index (χ2n) is 2.17. The zero-order chi connectivity index (χ0) is 9.73. The molecule has 1 unspecified atom stereocenters. The molecule has 5 nitrogen and oxygen atoms in total. The highest BCUT2D eigenvalue weighted by Gasteiger charge is 2.21. The molecule has 3 N–H and O–H groups in total. The molecule has 0 aliphatic rings. The summed E-state index contributed by atoms with van der Waals surface area (Å²) >= 11 is 0. The summed E-state index contributed by atoms with van der Waals surface area (Å²) in [4.78, 5) is 9.00. The molecular formula is C7H10NO4P. The lowest BCUT2D eigenvalue weighted by Crippen LogP contribution is -2.05. The fourth-order valence-electron chi connectivity index (χ4n) is 0.735. The molecule has 0 bridgehead atoms. The fourth-order valence-corrected chi connectivity index (χ4v) is 1.36. The Morgan fingerprint density at radius 2 is 2.00 bits per heavy atom. The molecule has 0 aliphatic carbocycles. The molecule has 0 spiro atoms. The van der Waals surface area contributed by atoms with E-state index in [4.69, 9.17) is 10.6 Å². The normalized spacial score (nSPS) is 14.9. The van der Waals surface area contributed by atoms with Crippen LogP contribution in [0.4, 0.5) is 0 Å². The Labute approximate surface area is 75.7 Å². The minimum Gasteiger partial charge on any atom is -0.404 e. The van der Waals surface area contributed by atoms with Crippen LogP contribution in [-0.2, 0) is 9.09 Å². The van der Waals surface area contributed by atoms with Gasteiger partial charge in [-0.2, -0.15) is 0 Å². The molecule has 0 saturated carbocycles. The van der Waals surface area contributed by atoms with Crippen LogP contribution in [0.25, 0.3) is 0 Å². The summed E-state index contributed by atoms with van der Waals surface area (Å²) in [5.74, 6) is 0.266. The zero-order valence-electron chi connectivity index (χ0n) is 6.79. The summed E-state index contributed by atoms with van der Waals surface area (Å²) in [5, 5.41) is 0. The number of rotatable bonds is 4. The Morgan fingerprint density at radius 1 is 1.38 bits per heavy atom. The van der Waals surface area contributed by atoms with E-state index in [1.165, 1.54) is 0 Å². The maximum atomic E-state index is 11.0. The van der Waals surface area contributed by atoms with E-state index in [0.29, 0.717) is 0 Å². The van der Waals surface area contributed by atoms with Gasteiger partial charge in [-0.15, -0.1) is 0 Å². The van der Waals surface area contributed by atoms with Gasteiger partial charge in [0.25, 0.3) is 0 Å². The van der Waals surface area contributed by atoms with Gasteiger partial charge in [0.1, 0.15) is 12.5 Å². The largest absolute Gasteiger partial charge is 0.528 e. The van der Waals surface area contributed by atoms with E-state index in [0.717, 1.165) is 0 Å². The number of para-hydroxylation sites is 1. The van der Waals surface area contributed by atoms with Crippen molar-refractivity contribution in [2.75, 3.05) is 6.73 Å². The molecule has 1 aromatic carbocycles. The average Bonchev–Trinajstić information content (AvgIpc) is 2.04. The van der Waals surface area contributed by atoms with Crippen LogP contribution in [-0.4, -0.2) is 11.6 Å². The maximum Gasteiger partial charge on any atom is 0.528 e. The fraction of sp³-hybridized carbons (Fsp3) is 0.143. The van der Waals surface area contributed by atoms with Gasteiger partial charge in [0.05, 0.1) is 0 Å². The van der Waals surface area contributed by atoms with Crippen LogP contribution in [0.1, 0.15) is 0 Å². The Kier molecular flexibility index (Phi) is 3.45. The SMILES string of the molecule is NCOP(=O)(O)Oc1ccccc1. The first kappa shape index (κ1) is 10.2. The molecule has 13 heavy (non-hydrogen) atoms. The second-order valence-corrected chi connectivity index (χ2v) is 3.55. The van der Waals surface area contributed by atoms with Gasteiger partial charge >= 0.3 is 7.82 Å². The van der Waals surface area contributed by atoms with E-state index in [-0.39, 0.29) is 12.5 Å².